The number of benzene rings is 1. The highest BCUT2D eigenvalue weighted by Gasteiger charge is 2.18. The van der Waals surface area contributed by atoms with Crippen molar-refractivity contribution in [2.75, 3.05) is 12.8 Å². The molecule has 6 heteroatoms. The van der Waals surface area contributed by atoms with E-state index in [4.69, 9.17) is 10.5 Å². The Hall–Kier alpha value is -2.08. The SMILES string of the molecule is CCC(NC(=O)c1sc(N)nc1C)c1ccc(OC)cc1. The molecule has 1 heterocycles. The number of thiazole rings is 1. The van der Waals surface area contributed by atoms with Crippen LogP contribution in [0.5, 0.6) is 5.75 Å². The van der Waals surface area contributed by atoms with E-state index in [0.717, 1.165) is 17.7 Å². The number of rotatable bonds is 5. The predicted octanol–water partition coefficient (Wildman–Crippen LogP) is 2.92. The first-order valence-corrected chi connectivity index (χ1v) is 7.54. The zero-order valence-corrected chi connectivity index (χ0v) is 13.2. The molecule has 0 saturated heterocycles. The van der Waals surface area contributed by atoms with Gasteiger partial charge in [-0.15, -0.1) is 0 Å². The summed E-state index contributed by atoms with van der Waals surface area (Å²) in [5.41, 5.74) is 7.35. The topological polar surface area (TPSA) is 77.2 Å². The van der Waals surface area contributed by atoms with Gasteiger partial charge in [0.05, 0.1) is 18.8 Å². The van der Waals surface area contributed by atoms with Gasteiger partial charge in [-0.3, -0.25) is 4.79 Å². The lowest BCUT2D eigenvalue weighted by atomic mass is 10.0. The van der Waals surface area contributed by atoms with Crippen molar-refractivity contribution in [3.8, 4) is 5.75 Å². The minimum absolute atomic E-state index is 0.0499. The third-order valence-corrected chi connectivity index (χ3v) is 4.24. The Kier molecular flexibility index (Phi) is 4.80. The van der Waals surface area contributed by atoms with Crippen LogP contribution in [0.3, 0.4) is 0 Å². The van der Waals surface area contributed by atoms with Crippen molar-refractivity contribution in [2.24, 2.45) is 0 Å². The lowest BCUT2D eigenvalue weighted by Gasteiger charge is -2.17. The molecule has 0 radical (unpaired) electrons. The molecule has 1 amide bonds. The van der Waals surface area contributed by atoms with Crippen molar-refractivity contribution >= 4 is 22.4 Å². The highest BCUT2D eigenvalue weighted by molar-refractivity contribution is 7.17. The number of ether oxygens (including phenoxy) is 1. The zero-order chi connectivity index (χ0) is 15.4. The fourth-order valence-corrected chi connectivity index (χ4v) is 2.85. The second-order valence-electron chi connectivity index (χ2n) is 4.67. The Morgan fingerprint density at radius 3 is 2.57 bits per heavy atom. The standard InChI is InChI=1S/C15H19N3O2S/c1-4-12(10-5-7-11(20-3)8-6-10)18-14(19)13-9(2)17-15(16)21-13/h5-8,12H,4H2,1-3H3,(H2,16,17)(H,18,19). The van der Waals surface area contributed by atoms with Crippen molar-refractivity contribution in [1.29, 1.82) is 0 Å². The van der Waals surface area contributed by atoms with Crippen LogP contribution in [-0.4, -0.2) is 18.0 Å². The number of methoxy groups -OCH3 is 1. The average molecular weight is 305 g/mol. The highest BCUT2D eigenvalue weighted by Crippen LogP contribution is 2.23. The van der Waals surface area contributed by atoms with Crippen LogP contribution in [-0.2, 0) is 0 Å². The van der Waals surface area contributed by atoms with Crippen LogP contribution in [0.15, 0.2) is 24.3 Å². The van der Waals surface area contributed by atoms with Gasteiger partial charge in [0.1, 0.15) is 10.6 Å². The van der Waals surface area contributed by atoms with Gasteiger partial charge >= 0.3 is 0 Å². The summed E-state index contributed by atoms with van der Waals surface area (Å²) < 4.78 is 5.14. The van der Waals surface area contributed by atoms with E-state index in [9.17, 15) is 4.79 Å². The largest absolute Gasteiger partial charge is 0.497 e. The van der Waals surface area contributed by atoms with Crippen molar-refractivity contribution in [2.45, 2.75) is 26.3 Å². The molecule has 3 N–H and O–H groups in total. The fraction of sp³-hybridized carbons (Fsp3) is 0.333. The lowest BCUT2D eigenvalue weighted by molar-refractivity contribution is 0.0939. The third-order valence-electron chi connectivity index (χ3n) is 3.25. The summed E-state index contributed by atoms with van der Waals surface area (Å²) in [5.74, 6) is 0.662. The fourth-order valence-electron chi connectivity index (χ4n) is 2.11. The summed E-state index contributed by atoms with van der Waals surface area (Å²) in [6.45, 7) is 3.82. The van der Waals surface area contributed by atoms with Gasteiger partial charge in [0.15, 0.2) is 5.13 Å². The molecule has 0 bridgehead atoms. The van der Waals surface area contributed by atoms with Gasteiger partial charge in [0.2, 0.25) is 0 Å². The van der Waals surface area contributed by atoms with Crippen molar-refractivity contribution in [1.82, 2.24) is 10.3 Å². The van der Waals surface area contributed by atoms with E-state index in [2.05, 4.69) is 10.3 Å². The maximum Gasteiger partial charge on any atom is 0.263 e. The number of aromatic nitrogens is 1. The Labute approximate surface area is 128 Å². The molecule has 2 aromatic rings. The van der Waals surface area contributed by atoms with E-state index in [-0.39, 0.29) is 11.9 Å². The molecule has 0 spiro atoms. The van der Waals surface area contributed by atoms with Gasteiger partial charge in [-0.25, -0.2) is 4.98 Å². The summed E-state index contributed by atoms with van der Waals surface area (Å²) in [7, 11) is 1.63. The molecule has 21 heavy (non-hydrogen) atoms. The third kappa shape index (κ3) is 3.52. The molecule has 5 nitrogen and oxygen atoms in total. The van der Waals surface area contributed by atoms with Gasteiger partial charge in [0, 0.05) is 0 Å². The van der Waals surface area contributed by atoms with Crippen molar-refractivity contribution in [3.05, 3.63) is 40.4 Å². The van der Waals surface area contributed by atoms with Gasteiger partial charge in [-0.2, -0.15) is 0 Å². The first-order valence-electron chi connectivity index (χ1n) is 6.72. The Morgan fingerprint density at radius 2 is 2.10 bits per heavy atom. The molecular formula is C15H19N3O2S. The summed E-state index contributed by atoms with van der Waals surface area (Å²) >= 11 is 1.21. The Bertz CT molecular complexity index is 622. The second kappa shape index (κ2) is 6.58. The molecule has 0 aliphatic heterocycles. The molecule has 1 aromatic carbocycles. The molecule has 0 aliphatic carbocycles. The summed E-state index contributed by atoms with van der Waals surface area (Å²) in [6, 6.07) is 7.65. The number of carbonyl (C=O) groups is 1. The molecule has 0 saturated carbocycles. The van der Waals surface area contributed by atoms with E-state index in [1.165, 1.54) is 11.3 Å². The predicted molar refractivity (Wildman–Crippen MR) is 84.8 cm³/mol. The maximum atomic E-state index is 12.3. The van der Waals surface area contributed by atoms with Crippen LogP contribution < -0.4 is 15.8 Å². The van der Waals surface area contributed by atoms with Crippen LogP contribution in [0.4, 0.5) is 5.13 Å². The van der Waals surface area contributed by atoms with Crippen LogP contribution in [0.2, 0.25) is 0 Å². The molecule has 0 aliphatic rings. The summed E-state index contributed by atoms with van der Waals surface area (Å²) in [5, 5.41) is 3.44. The van der Waals surface area contributed by atoms with Crippen LogP contribution >= 0.6 is 11.3 Å². The van der Waals surface area contributed by atoms with E-state index in [1.807, 2.05) is 31.2 Å². The normalized spacial score (nSPS) is 12.0. The minimum Gasteiger partial charge on any atom is -0.497 e. The minimum atomic E-state index is -0.135. The number of carbonyl (C=O) groups excluding carboxylic acids is 1. The molecular weight excluding hydrogens is 286 g/mol. The monoisotopic (exact) mass is 305 g/mol. The highest BCUT2D eigenvalue weighted by atomic mass is 32.1. The van der Waals surface area contributed by atoms with Crippen molar-refractivity contribution in [3.63, 3.8) is 0 Å². The van der Waals surface area contributed by atoms with Gasteiger partial charge < -0.3 is 15.8 Å². The van der Waals surface area contributed by atoms with Gasteiger partial charge in [-0.1, -0.05) is 30.4 Å². The van der Waals surface area contributed by atoms with E-state index in [1.54, 1.807) is 14.0 Å². The van der Waals surface area contributed by atoms with E-state index in [0.29, 0.717) is 15.7 Å². The van der Waals surface area contributed by atoms with E-state index >= 15 is 0 Å². The quantitative estimate of drug-likeness (QED) is 0.890. The molecule has 1 unspecified atom stereocenters. The molecule has 1 atom stereocenters. The second-order valence-corrected chi connectivity index (χ2v) is 5.70. The van der Waals surface area contributed by atoms with E-state index < -0.39 is 0 Å². The molecule has 2 rings (SSSR count). The van der Waals surface area contributed by atoms with Gasteiger partial charge in [-0.05, 0) is 31.0 Å². The van der Waals surface area contributed by atoms with Crippen molar-refractivity contribution < 1.29 is 9.53 Å². The number of amides is 1. The van der Waals surface area contributed by atoms with Crippen LogP contribution in [0.25, 0.3) is 0 Å². The number of nitrogens with zero attached hydrogens (tertiary/aromatic N) is 1. The number of nitrogens with one attached hydrogen (secondary N) is 1. The summed E-state index contributed by atoms with van der Waals surface area (Å²) in [6.07, 6.45) is 0.797. The maximum absolute atomic E-state index is 12.3. The first-order chi connectivity index (χ1) is 10.0. The number of anilines is 1. The van der Waals surface area contributed by atoms with Crippen LogP contribution in [0, 0.1) is 6.92 Å². The molecule has 112 valence electrons. The number of hydrogen-bond acceptors (Lipinski definition) is 5. The summed E-state index contributed by atoms with van der Waals surface area (Å²) in [4.78, 5) is 17.0. The number of nitrogens with two attached hydrogens (primary N) is 1. The van der Waals surface area contributed by atoms with Crippen LogP contribution in [0.1, 0.15) is 40.3 Å². The van der Waals surface area contributed by atoms with Gasteiger partial charge in [0.25, 0.3) is 5.91 Å². The zero-order valence-electron chi connectivity index (χ0n) is 12.3. The Morgan fingerprint density at radius 1 is 1.43 bits per heavy atom. The smallest absolute Gasteiger partial charge is 0.263 e. The Balaban J connectivity index is 2.14. The first kappa shape index (κ1) is 15.3. The lowest BCUT2D eigenvalue weighted by Crippen LogP contribution is -2.28. The number of aryl methyl sites for hydroxylation is 1. The number of hydrogen-bond donors (Lipinski definition) is 2. The molecule has 1 aromatic heterocycles. The average Bonchev–Trinajstić information content (AvgIpc) is 2.83. The molecule has 0 fully saturated rings. The number of nitrogen functional groups attached to an aromatic ring is 1.